The minimum atomic E-state index is -0.311. The number of fused-ring (bicyclic) bond motifs is 1. The monoisotopic (exact) mass is 362 g/mol. The lowest BCUT2D eigenvalue weighted by atomic mass is 10.3. The Hall–Kier alpha value is -3.48. The Balaban J connectivity index is 1.83. The number of aromatic nitrogens is 4. The number of rotatable bonds is 6. The molecule has 0 radical (unpaired) electrons. The lowest BCUT2D eigenvalue weighted by molar-refractivity contribution is 0.628. The van der Waals surface area contributed by atoms with Gasteiger partial charge in [-0.2, -0.15) is 15.1 Å². The van der Waals surface area contributed by atoms with Gasteiger partial charge in [0.15, 0.2) is 5.65 Å². The van der Waals surface area contributed by atoms with Crippen molar-refractivity contribution in [3.8, 4) is 5.69 Å². The van der Waals surface area contributed by atoms with Crippen molar-refractivity contribution in [1.29, 1.82) is 0 Å². The van der Waals surface area contributed by atoms with E-state index in [1.165, 1.54) is 12.1 Å². The van der Waals surface area contributed by atoms with E-state index in [1.807, 2.05) is 30.3 Å². The van der Waals surface area contributed by atoms with Crippen molar-refractivity contribution in [2.45, 2.75) is 13.3 Å². The Morgan fingerprint density at radius 3 is 2.67 bits per heavy atom. The first kappa shape index (κ1) is 17.0. The van der Waals surface area contributed by atoms with Crippen molar-refractivity contribution < 1.29 is 4.39 Å². The van der Waals surface area contributed by atoms with Crippen LogP contribution >= 0.6 is 0 Å². The summed E-state index contributed by atoms with van der Waals surface area (Å²) in [6, 6.07) is 16.1. The fourth-order valence-electron chi connectivity index (χ4n) is 2.78. The summed E-state index contributed by atoms with van der Waals surface area (Å²) in [7, 11) is 0. The Morgan fingerprint density at radius 2 is 1.89 bits per heavy atom. The number of anilines is 3. The third-order valence-corrected chi connectivity index (χ3v) is 4.05. The van der Waals surface area contributed by atoms with Gasteiger partial charge in [0.05, 0.1) is 17.3 Å². The first-order chi connectivity index (χ1) is 13.2. The first-order valence-electron chi connectivity index (χ1n) is 8.82. The normalized spacial score (nSPS) is 10.9. The third-order valence-electron chi connectivity index (χ3n) is 4.05. The molecule has 4 aromatic rings. The van der Waals surface area contributed by atoms with Crippen molar-refractivity contribution >= 4 is 28.5 Å². The van der Waals surface area contributed by atoms with Crippen molar-refractivity contribution in [3.63, 3.8) is 0 Å². The molecule has 27 heavy (non-hydrogen) atoms. The average Bonchev–Trinajstić information content (AvgIpc) is 3.11. The molecule has 2 aromatic carbocycles. The van der Waals surface area contributed by atoms with Gasteiger partial charge in [0.2, 0.25) is 5.95 Å². The van der Waals surface area contributed by atoms with Crippen LogP contribution in [0.25, 0.3) is 16.7 Å². The zero-order chi connectivity index (χ0) is 18.6. The molecule has 136 valence electrons. The lowest BCUT2D eigenvalue weighted by Gasteiger charge is -2.11. The maximum Gasteiger partial charge on any atom is 0.226 e. The van der Waals surface area contributed by atoms with Gasteiger partial charge in [-0.3, -0.25) is 0 Å². The quantitative estimate of drug-likeness (QED) is 0.528. The van der Waals surface area contributed by atoms with Crippen LogP contribution in [0.15, 0.2) is 60.8 Å². The van der Waals surface area contributed by atoms with Crippen LogP contribution in [0, 0.1) is 5.82 Å². The Bertz CT molecular complexity index is 1060. The van der Waals surface area contributed by atoms with Gasteiger partial charge in [-0.15, -0.1) is 0 Å². The molecule has 0 aliphatic carbocycles. The highest BCUT2D eigenvalue weighted by Gasteiger charge is 2.14. The molecule has 0 fully saturated rings. The molecule has 0 saturated heterocycles. The molecule has 0 aliphatic rings. The fraction of sp³-hybridized carbons (Fsp3) is 0.150. The number of benzene rings is 2. The Morgan fingerprint density at radius 1 is 1.04 bits per heavy atom. The van der Waals surface area contributed by atoms with E-state index >= 15 is 0 Å². The second kappa shape index (κ2) is 7.41. The van der Waals surface area contributed by atoms with Crippen LogP contribution in [0.3, 0.4) is 0 Å². The molecule has 0 amide bonds. The predicted molar refractivity (Wildman–Crippen MR) is 105 cm³/mol. The van der Waals surface area contributed by atoms with Gasteiger partial charge in [0.1, 0.15) is 11.6 Å². The second-order valence-corrected chi connectivity index (χ2v) is 6.09. The highest BCUT2D eigenvalue weighted by molar-refractivity contribution is 5.90. The minimum Gasteiger partial charge on any atom is -0.354 e. The second-order valence-electron chi connectivity index (χ2n) is 6.09. The lowest BCUT2D eigenvalue weighted by Crippen LogP contribution is -2.08. The van der Waals surface area contributed by atoms with E-state index < -0.39 is 0 Å². The summed E-state index contributed by atoms with van der Waals surface area (Å²) in [5.41, 5.74) is 2.20. The molecule has 2 heterocycles. The summed E-state index contributed by atoms with van der Waals surface area (Å²) in [5, 5.41) is 11.6. The van der Waals surface area contributed by atoms with Crippen molar-refractivity contribution in [1.82, 2.24) is 19.7 Å². The zero-order valence-electron chi connectivity index (χ0n) is 14.9. The fourth-order valence-corrected chi connectivity index (χ4v) is 2.78. The van der Waals surface area contributed by atoms with Gasteiger partial charge in [0.25, 0.3) is 0 Å². The van der Waals surface area contributed by atoms with Gasteiger partial charge >= 0.3 is 0 Å². The number of halogens is 1. The molecule has 0 saturated carbocycles. The predicted octanol–water partition coefficient (Wildman–Crippen LogP) is 4.52. The largest absolute Gasteiger partial charge is 0.354 e. The maximum atomic E-state index is 13.6. The first-order valence-corrected chi connectivity index (χ1v) is 8.82. The number of hydrogen-bond donors (Lipinski definition) is 2. The number of nitrogens with zero attached hydrogens (tertiary/aromatic N) is 4. The Kier molecular flexibility index (Phi) is 4.65. The summed E-state index contributed by atoms with van der Waals surface area (Å²) in [4.78, 5) is 9.19. The van der Waals surface area contributed by atoms with Crippen LogP contribution in [0.1, 0.15) is 13.3 Å². The molecule has 2 aromatic heterocycles. The number of para-hydroxylation sites is 1. The van der Waals surface area contributed by atoms with Crippen LogP contribution in [-0.4, -0.2) is 26.3 Å². The molecular formula is C20H19FN6. The zero-order valence-corrected chi connectivity index (χ0v) is 14.9. The maximum absolute atomic E-state index is 13.6. The van der Waals surface area contributed by atoms with E-state index in [-0.39, 0.29) is 5.82 Å². The molecule has 0 spiro atoms. The summed E-state index contributed by atoms with van der Waals surface area (Å²) >= 11 is 0. The van der Waals surface area contributed by atoms with Crippen LogP contribution in [0.5, 0.6) is 0 Å². The summed E-state index contributed by atoms with van der Waals surface area (Å²) in [6.45, 7) is 2.83. The van der Waals surface area contributed by atoms with E-state index in [2.05, 4.69) is 32.6 Å². The highest BCUT2D eigenvalue weighted by atomic mass is 19.1. The molecule has 7 heteroatoms. The van der Waals surface area contributed by atoms with Crippen molar-refractivity contribution in [2.75, 3.05) is 17.2 Å². The van der Waals surface area contributed by atoms with Crippen LogP contribution < -0.4 is 10.6 Å². The topological polar surface area (TPSA) is 67.7 Å². The van der Waals surface area contributed by atoms with Crippen molar-refractivity contribution in [3.05, 3.63) is 66.6 Å². The van der Waals surface area contributed by atoms with E-state index in [1.54, 1.807) is 23.0 Å². The number of hydrogen-bond acceptors (Lipinski definition) is 5. The van der Waals surface area contributed by atoms with E-state index in [0.29, 0.717) is 23.1 Å². The summed E-state index contributed by atoms with van der Waals surface area (Å²) in [5.74, 6) is 0.766. The standard InChI is InChI=1S/C20H19FN6/c1-2-11-22-20-25-18(24-15-8-6-7-14(21)12-15)17-13-23-27(19(17)26-20)16-9-4-3-5-10-16/h3-10,12-13H,2,11H2,1H3,(H2,22,24,25,26). The van der Waals surface area contributed by atoms with Gasteiger partial charge in [-0.1, -0.05) is 31.2 Å². The molecule has 2 N–H and O–H groups in total. The molecule has 0 aliphatic heterocycles. The van der Waals surface area contributed by atoms with Crippen molar-refractivity contribution in [2.24, 2.45) is 0 Å². The van der Waals surface area contributed by atoms with E-state index in [0.717, 1.165) is 24.0 Å². The Labute approximate surface area is 156 Å². The SMILES string of the molecule is CCCNc1nc(Nc2cccc(F)c2)c2cnn(-c3ccccc3)c2n1. The van der Waals surface area contributed by atoms with Gasteiger partial charge < -0.3 is 10.6 Å². The third kappa shape index (κ3) is 3.57. The average molecular weight is 362 g/mol. The molecular weight excluding hydrogens is 343 g/mol. The molecule has 0 atom stereocenters. The van der Waals surface area contributed by atoms with Crippen LogP contribution in [-0.2, 0) is 0 Å². The molecule has 4 rings (SSSR count). The highest BCUT2D eigenvalue weighted by Crippen LogP contribution is 2.27. The van der Waals surface area contributed by atoms with Crippen LogP contribution in [0.2, 0.25) is 0 Å². The molecule has 0 unspecified atom stereocenters. The summed E-state index contributed by atoms with van der Waals surface area (Å²) < 4.78 is 15.3. The van der Waals surface area contributed by atoms with Gasteiger partial charge in [0, 0.05) is 12.2 Å². The minimum absolute atomic E-state index is 0.311. The smallest absolute Gasteiger partial charge is 0.226 e. The van der Waals surface area contributed by atoms with E-state index in [4.69, 9.17) is 0 Å². The van der Waals surface area contributed by atoms with E-state index in [9.17, 15) is 4.39 Å². The summed E-state index contributed by atoms with van der Waals surface area (Å²) in [6.07, 6.45) is 2.67. The number of nitrogens with one attached hydrogen (secondary N) is 2. The van der Waals surface area contributed by atoms with Gasteiger partial charge in [-0.05, 0) is 36.8 Å². The molecule has 6 nitrogen and oxygen atoms in total. The van der Waals surface area contributed by atoms with Crippen LogP contribution in [0.4, 0.5) is 21.8 Å². The molecule has 0 bridgehead atoms. The van der Waals surface area contributed by atoms with Gasteiger partial charge in [-0.25, -0.2) is 9.07 Å².